The third kappa shape index (κ3) is 5.85. The Kier molecular flexibility index (Phi) is 8.87. The summed E-state index contributed by atoms with van der Waals surface area (Å²) >= 11 is 0. The van der Waals surface area contributed by atoms with Crippen LogP contribution in [-0.2, 0) is 0 Å². The molecule has 0 aliphatic carbocycles. The quantitative estimate of drug-likeness (QED) is 0.107. The van der Waals surface area contributed by atoms with Gasteiger partial charge in [-0.25, -0.2) is 0 Å². The fourth-order valence-corrected chi connectivity index (χ4v) is 15.4. The number of aromatic nitrogens is 2. The first-order valence-corrected chi connectivity index (χ1v) is 23.8. The lowest BCUT2D eigenvalue weighted by Gasteiger charge is -2.36. The van der Waals surface area contributed by atoms with E-state index < -0.39 is 8.07 Å². The fourth-order valence-electron chi connectivity index (χ4n) is 10.4. The van der Waals surface area contributed by atoms with Crippen molar-refractivity contribution < 1.29 is 0 Å². The van der Waals surface area contributed by atoms with E-state index in [0.717, 1.165) is 5.69 Å². The Morgan fingerprint density at radius 3 is 1.35 bits per heavy atom. The van der Waals surface area contributed by atoms with Crippen LogP contribution in [0.15, 0.2) is 255 Å². The van der Waals surface area contributed by atoms with E-state index in [9.17, 15) is 0 Å². The van der Waals surface area contributed by atoms with Crippen LogP contribution in [0.2, 0.25) is 0 Å². The highest BCUT2D eigenvalue weighted by atomic mass is 28.3. The zero-order valence-corrected chi connectivity index (χ0v) is 35.6. The summed E-state index contributed by atoms with van der Waals surface area (Å²) < 4.78 is 4.90. The maximum Gasteiger partial charge on any atom is 0.180 e. The van der Waals surface area contributed by atoms with Gasteiger partial charge in [-0.2, -0.15) is 0 Å². The Labute approximate surface area is 368 Å². The predicted octanol–water partition coefficient (Wildman–Crippen LogP) is 12.6. The number of hydrogen-bond acceptors (Lipinski definition) is 0. The highest BCUT2D eigenvalue weighted by Crippen LogP contribution is 2.40. The summed E-state index contributed by atoms with van der Waals surface area (Å²) in [6.45, 7) is 0. The van der Waals surface area contributed by atoms with Gasteiger partial charge in [0.15, 0.2) is 8.07 Å². The highest BCUT2D eigenvalue weighted by molar-refractivity contribution is 7.20. The van der Waals surface area contributed by atoms with Gasteiger partial charge in [0.25, 0.3) is 0 Å². The molecule has 63 heavy (non-hydrogen) atoms. The molecule has 3 heteroatoms. The summed E-state index contributed by atoms with van der Waals surface area (Å²) in [6.07, 6.45) is 0. The average molecular weight is 819 g/mol. The largest absolute Gasteiger partial charge is 0.309 e. The first kappa shape index (κ1) is 36.8. The highest BCUT2D eigenvalue weighted by Gasteiger charge is 2.42. The molecule has 0 aliphatic rings. The van der Waals surface area contributed by atoms with Crippen molar-refractivity contribution >= 4 is 72.4 Å². The second-order valence-electron chi connectivity index (χ2n) is 16.4. The van der Waals surface area contributed by atoms with Crippen LogP contribution >= 0.6 is 0 Å². The van der Waals surface area contributed by atoms with Crippen LogP contribution in [-0.4, -0.2) is 17.2 Å². The maximum absolute atomic E-state index is 2.80. The zero-order chi connectivity index (χ0) is 41.7. The van der Waals surface area contributed by atoms with E-state index >= 15 is 0 Å². The van der Waals surface area contributed by atoms with Gasteiger partial charge in [-0.05, 0) is 86.0 Å². The van der Waals surface area contributed by atoms with Gasteiger partial charge in [-0.15, -0.1) is 0 Å². The molecular weight excluding hydrogens is 777 g/mol. The normalized spacial score (nSPS) is 11.8. The molecular formula is C60H42N2Si. The Morgan fingerprint density at radius 2 is 0.714 bits per heavy atom. The molecule has 0 fully saturated rings. The number of para-hydroxylation sites is 3. The van der Waals surface area contributed by atoms with Crippen LogP contribution in [0.25, 0.3) is 77.2 Å². The van der Waals surface area contributed by atoms with Crippen molar-refractivity contribution in [2.75, 3.05) is 0 Å². The smallest absolute Gasteiger partial charge is 0.180 e. The second-order valence-corrected chi connectivity index (χ2v) is 20.2. The maximum atomic E-state index is 2.46. The van der Waals surface area contributed by atoms with Crippen molar-refractivity contribution in [1.82, 2.24) is 9.13 Å². The molecule has 0 amide bonds. The molecule has 0 saturated carbocycles. The molecule has 296 valence electrons. The van der Waals surface area contributed by atoms with Crippen LogP contribution in [0.4, 0.5) is 0 Å². The molecule has 2 nitrogen and oxygen atoms in total. The summed E-state index contributed by atoms with van der Waals surface area (Å²) in [5.74, 6) is 0. The zero-order valence-electron chi connectivity index (χ0n) is 34.6. The molecule has 2 heterocycles. The Bertz CT molecular complexity index is 3510. The Hall–Kier alpha value is -7.98. The Balaban J connectivity index is 1.07. The molecule has 0 radical (unpaired) electrons. The van der Waals surface area contributed by atoms with E-state index in [1.165, 1.54) is 92.3 Å². The van der Waals surface area contributed by atoms with Gasteiger partial charge < -0.3 is 9.13 Å². The van der Waals surface area contributed by atoms with E-state index in [0.29, 0.717) is 0 Å². The van der Waals surface area contributed by atoms with Crippen LogP contribution in [0.3, 0.4) is 0 Å². The van der Waals surface area contributed by atoms with Crippen LogP contribution in [0, 0.1) is 0 Å². The number of fused-ring (bicyclic) bond motifs is 6. The average Bonchev–Trinajstić information content (AvgIpc) is 3.88. The molecule has 12 aromatic rings. The standard InChI is InChI=1S/C60H42N2Si/c1-5-21-43(22-6-1)49-29-13-17-33-55(49)62-57-35-19-15-32-52(57)54-42-45(38-40-59(54)62)61-56-34-18-14-31-51(56)53-41-44(37-39-58(53)61)50-30-16-20-36-60(50)63(46-23-7-2-8-24-46,47-25-9-3-10-26-47)48-27-11-4-12-28-48/h1-42H. The number of nitrogens with zero attached hydrogens (tertiary/aromatic N) is 2. The first-order valence-electron chi connectivity index (χ1n) is 21.8. The minimum atomic E-state index is -2.80. The van der Waals surface area contributed by atoms with Gasteiger partial charge in [0, 0.05) is 32.8 Å². The molecule has 0 unspecified atom stereocenters. The SMILES string of the molecule is c1ccc(-c2ccccc2-n2c3ccccc3c3cc(-n4c5ccccc5c5cc(-c6ccccc6[Si](c6ccccc6)(c6ccccc6)c6ccccc6)ccc54)ccc32)cc1. The van der Waals surface area contributed by atoms with Gasteiger partial charge in [-0.1, -0.05) is 206 Å². The summed E-state index contributed by atoms with van der Waals surface area (Å²) in [5.41, 5.74) is 12.0. The lowest BCUT2D eigenvalue weighted by Crippen LogP contribution is -2.75. The minimum Gasteiger partial charge on any atom is -0.309 e. The Morgan fingerprint density at radius 1 is 0.270 bits per heavy atom. The number of rotatable bonds is 8. The van der Waals surface area contributed by atoms with Crippen molar-refractivity contribution in [3.05, 3.63) is 255 Å². The van der Waals surface area contributed by atoms with E-state index in [1.54, 1.807) is 0 Å². The topological polar surface area (TPSA) is 9.86 Å². The van der Waals surface area contributed by atoms with Crippen LogP contribution in [0.1, 0.15) is 0 Å². The van der Waals surface area contributed by atoms with Gasteiger partial charge >= 0.3 is 0 Å². The van der Waals surface area contributed by atoms with Crippen molar-refractivity contribution in [2.24, 2.45) is 0 Å². The molecule has 0 bridgehead atoms. The first-order chi connectivity index (χ1) is 31.3. The van der Waals surface area contributed by atoms with Crippen molar-refractivity contribution in [1.29, 1.82) is 0 Å². The third-order valence-corrected chi connectivity index (χ3v) is 17.9. The monoisotopic (exact) mass is 818 g/mol. The van der Waals surface area contributed by atoms with E-state index in [4.69, 9.17) is 0 Å². The van der Waals surface area contributed by atoms with Gasteiger partial charge in [0.1, 0.15) is 0 Å². The van der Waals surface area contributed by atoms with Crippen LogP contribution in [0.5, 0.6) is 0 Å². The van der Waals surface area contributed by atoms with Crippen LogP contribution < -0.4 is 20.7 Å². The summed E-state index contributed by atoms with van der Waals surface area (Å²) in [4.78, 5) is 0. The van der Waals surface area contributed by atoms with Gasteiger partial charge in [0.2, 0.25) is 0 Å². The molecule has 2 aromatic heterocycles. The number of benzene rings is 10. The lowest BCUT2D eigenvalue weighted by molar-refractivity contribution is 1.17. The minimum absolute atomic E-state index is 1.14. The van der Waals surface area contributed by atoms with Crippen molar-refractivity contribution in [3.8, 4) is 33.6 Å². The molecule has 0 N–H and O–H groups in total. The summed E-state index contributed by atoms with van der Waals surface area (Å²) in [7, 11) is -2.80. The van der Waals surface area contributed by atoms with Gasteiger partial charge in [-0.3, -0.25) is 0 Å². The van der Waals surface area contributed by atoms with Gasteiger partial charge in [0.05, 0.1) is 27.8 Å². The molecule has 12 rings (SSSR count). The van der Waals surface area contributed by atoms with E-state index in [-0.39, 0.29) is 0 Å². The van der Waals surface area contributed by atoms with Crippen molar-refractivity contribution in [2.45, 2.75) is 0 Å². The molecule has 10 aromatic carbocycles. The molecule has 0 spiro atoms. The third-order valence-electron chi connectivity index (χ3n) is 13.1. The summed E-state index contributed by atoms with van der Waals surface area (Å²) in [6, 6.07) is 94.2. The van der Waals surface area contributed by atoms with E-state index in [2.05, 4.69) is 264 Å². The predicted molar refractivity (Wildman–Crippen MR) is 270 cm³/mol. The molecule has 0 atom stereocenters. The summed E-state index contributed by atoms with van der Waals surface area (Å²) in [5, 5.41) is 10.4. The van der Waals surface area contributed by atoms with Crippen molar-refractivity contribution in [3.63, 3.8) is 0 Å². The second kappa shape index (κ2) is 15.2. The fraction of sp³-hybridized carbons (Fsp3) is 0. The number of hydrogen-bond donors (Lipinski definition) is 0. The molecule has 0 aliphatic heterocycles. The lowest BCUT2D eigenvalue weighted by atomic mass is 10.0. The molecule has 0 saturated heterocycles. The van der Waals surface area contributed by atoms with E-state index in [1.807, 2.05) is 0 Å².